The molecule has 1 aromatic rings. The Balaban J connectivity index is 1.90. The minimum atomic E-state index is -0.327. The predicted molar refractivity (Wildman–Crippen MR) is 96.7 cm³/mol. The number of rotatable bonds is 7. The Morgan fingerprint density at radius 1 is 1.29 bits per heavy atom. The van der Waals surface area contributed by atoms with Gasteiger partial charge >= 0.3 is 6.09 Å². The Morgan fingerprint density at radius 2 is 2.00 bits per heavy atom. The Morgan fingerprint density at radius 3 is 2.67 bits per heavy atom. The van der Waals surface area contributed by atoms with Crippen molar-refractivity contribution in [2.24, 2.45) is 5.73 Å². The van der Waals surface area contributed by atoms with Crippen LogP contribution in [0.5, 0.6) is 0 Å². The number of nitrogens with two attached hydrogens (primary N) is 1. The van der Waals surface area contributed by atoms with E-state index in [2.05, 4.69) is 24.1 Å². The lowest BCUT2D eigenvalue weighted by molar-refractivity contribution is 0.0832. The molecule has 24 heavy (non-hydrogen) atoms. The summed E-state index contributed by atoms with van der Waals surface area (Å²) in [7, 11) is 0. The molecule has 1 aliphatic rings. The van der Waals surface area contributed by atoms with Crippen LogP contribution in [0.4, 0.5) is 4.79 Å². The van der Waals surface area contributed by atoms with Gasteiger partial charge in [-0.05, 0) is 32.3 Å². The van der Waals surface area contributed by atoms with Crippen LogP contribution in [0.25, 0.3) is 0 Å². The predicted octanol–water partition coefficient (Wildman–Crippen LogP) is 2.89. The van der Waals surface area contributed by atoms with E-state index < -0.39 is 0 Å². The molecule has 0 radical (unpaired) electrons. The summed E-state index contributed by atoms with van der Waals surface area (Å²) >= 11 is 0. The van der Waals surface area contributed by atoms with Crippen molar-refractivity contribution in [3.63, 3.8) is 0 Å². The van der Waals surface area contributed by atoms with Crippen LogP contribution in [0.1, 0.15) is 45.1 Å². The highest BCUT2D eigenvalue weighted by Crippen LogP contribution is 2.25. The topological polar surface area (TPSA) is 67.6 Å². The molecule has 0 saturated heterocycles. The van der Waals surface area contributed by atoms with Gasteiger partial charge in [-0.3, -0.25) is 4.90 Å². The lowest BCUT2D eigenvalue weighted by atomic mass is 9.88. The molecule has 1 fully saturated rings. The van der Waals surface area contributed by atoms with Crippen LogP contribution in [-0.4, -0.2) is 42.2 Å². The maximum Gasteiger partial charge on any atom is 0.407 e. The first kappa shape index (κ1) is 18.7. The summed E-state index contributed by atoms with van der Waals surface area (Å²) in [6.45, 7) is 6.18. The van der Waals surface area contributed by atoms with Crippen molar-refractivity contribution >= 4 is 6.09 Å². The Kier molecular flexibility index (Phi) is 7.53. The maximum atomic E-state index is 12.2. The normalized spacial score (nSPS) is 21.0. The molecular formula is C19H31N3O2. The second-order valence-corrected chi connectivity index (χ2v) is 6.78. The number of nitrogens with one attached hydrogen (secondary N) is 1. The van der Waals surface area contributed by atoms with Crippen LogP contribution >= 0.6 is 0 Å². The average molecular weight is 333 g/mol. The van der Waals surface area contributed by atoms with Crippen LogP contribution in [-0.2, 0) is 11.3 Å². The Bertz CT molecular complexity index is 493. The van der Waals surface area contributed by atoms with Crippen LogP contribution < -0.4 is 11.1 Å². The fraction of sp³-hybridized carbons (Fsp3) is 0.632. The average Bonchev–Trinajstić information content (AvgIpc) is 2.59. The zero-order chi connectivity index (χ0) is 17.4. The summed E-state index contributed by atoms with van der Waals surface area (Å²) in [5, 5.41) is 3.09. The van der Waals surface area contributed by atoms with E-state index >= 15 is 0 Å². The number of ether oxygens (including phenoxy) is 1. The van der Waals surface area contributed by atoms with Gasteiger partial charge < -0.3 is 15.8 Å². The number of benzene rings is 1. The van der Waals surface area contributed by atoms with Gasteiger partial charge in [-0.15, -0.1) is 0 Å². The smallest absolute Gasteiger partial charge is 0.407 e. The molecule has 0 aromatic heterocycles. The van der Waals surface area contributed by atoms with Gasteiger partial charge in [0.25, 0.3) is 0 Å². The molecule has 2 rings (SSSR count). The Hall–Kier alpha value is -1.59. The number of alkyl carbamates (subject to hydrolysis) is 1. The summed E-state index contributed by atoms with van der Waals surface area (Å²) in [4.78, 5) is 14.6. The second-order valence-electron chi connectivity index (χ2n) is 6.78. The first-order valence-electron chi connectivity index (χ1n) is 9.05. The minimum absolute atomic E-state index is 0.135. The van der Waals surface area contributed by atoms with Crippen LogP contribution in [0.15, 0.2) is 30.3 Å². The van der Waals surface area contributed by atoms with Crippen molar-refractivity contribution in [2.75, 3.05) is 13.1 Å². The fourth-order valence-electron chi connectivity index (χ4n) is 3.55. The number of amides is 1. The van der Waals surface area contributed by atoms with Gasteiger partial charge in [0.15, 0.2) is 0 Å². The molecule has 5 heteroatoms. The number of carbonyl (C=O) groups excluding carboxylic acids is 1. The molecule has 1 aromatic carbocycles. The molecule has 3 N–H and O–H groups in total. The van der Waals surface area contributed by atoms with Crippen molar-refractivity contribution in [1.29, 1.82) is 0 Å². The maximum absolute atomic E-state index is 12.2. The first-order valence-corrected chi connectivity index (χ1v) is 9.05. The Labute approximate surface area is 145 Å². The van der Waals surface area contributed by atoms with E-state index in [9.17, 15) is 4.79 Å². The monoisotopic (exact) mass is 333 g/mol. The second kappa shape index (κ2) is 9.64. The SMILES string of the molecule is CC(C)N(CCN)[C@@H]1CCCC[C@H]1NC(=O)OCc1ccccc1. The number of nitrogens with zero attached hydrogens (tertiary/aromatic N) is 1. The van der Waals surface area contributed by atoms with E-state index in [4.69, 9.17) is 10.5 Å². The summed E-state index contributed by atoms with van der Waals surface area (Å²) in [6, 6.07) is 10.6. The molecule has 0 unspecified atom stereocenters. The molecule has 134 valence electrons. The zero-order valence-electron chi connectivity index (χ0n) is 14.9. The number of carbonyl (C=O) groups is 1. The third-order valence-corrected chi connectivity index (χ3v) is 4.72. The van der Waals surface area contributed by atoms with E-state index in [0.29, 0.717) is 25.2 Å². The molecule has 1 aliphatic carbocycles. The summed E-state index contributed by atoms with van der Waals surface area (Å²) < 4.78 is 5.39. The van der Waals surface area contributed by atoms with E-state index in [1.165, 1.54) is 6.42 Å². The first-order chi connectivity index (χ1) is 11.6. The zero-order valence-corrected chi connectivity index (χ0v) is 14.9. The minimum Gasteiger partial charge on any atom is -0.445 e. The highest BCUT2D eigenvalue weighted by molar-refractivity contribution is 5.67. The van der Waals surface area contributed by atoms with E-state index in [0.717, 1.165) is 31.4 Å². The highest BCUT2D eigenvalue weighted by Gasteiger charge is 2.32. The summed E-state index contributed by atoms with van der Waals surface area (Å²) in [5.74, 6) is 0. The third-order valence-electron chi connectivity index (χ3n) is 4.72. The van der Waals surface area contributed by atoms with Crippen molar-refractivity contribution in [1.82, 2.24) is 10.2 Å². The molecule has 0 spiro atoms. The van der Waals surface area contributed by atoms with Gasteiger partial charge in [-0.25, -0.2) is 4.79 Å². The van der Waals surface area contributed by atoms with Crippen LogP contribution in [0, 0.1) is 0 Å². The van der Waals surface area contributed by atoms with E-state index in [1.807, 2.05) is 30.3 Å². The molecule has 0 aliphatic heterocycles. The molecule has 1 amide bonds. The third kappa shape index (κ3) is 5.49. The molecule has 0 bridgehead atoms. The standard InChI is InChI=1S/C19H31N3O2/c1-15(2)22(13-12-20)18-11-7-6-10-17(18)21-19(23)24-14-16-8-4-3-5-9-16/h3-5,8-9,15,17-18H,6-7,10-14,20H2,1-2H3,(H,21,23)/t17-,18-/m1/s1. The lowest BCUT2D eigenvalue weighted by Gasteiger charge is -2.42. The summed E-state index contributed by atoms with van der Waals surface area (Å²) in [6.07, 6.45) is 4.12. The lowest BCUT2D eigenvalue weighted by Crippen LogP contribution is -2.56. The molecular weight excluding hydrogens is 302 g/mol. The van der Waals surface area contributed by atoms with Crippen molar-refractivity contribution in [2.45, 2.75) is 64.3 Å². The van der Waals surface area contributed by atoms with E-state index in [-0.39, 0.29) is 12.1 Å². The van der Waals surface area contributed by atoms with Crippen LogP contribution in [0.3, 0.4) is 0 Å². The van der Waals surface area contributed by atoms with Gasteiger partial charge in [0.2, 0.25) is 0 Å². The van der Waals surface area contributed by atoms with Gasteiger partial charge in [-0.2, -0.15) is 0 Å². The highest BCUT2D eigenvalue weighted by atomic mass is 16.5. The van der Waals surface area contributed by atoms with E-state index in [1.54, 1.807) is 0 Å². The number of hydrogen-bond acceptors (Lipinski definition) is 4. The molecule has 2 atom stereocenters. The molecule has 1 saturated carbocycles. The van der Waals surface area contributed by atoms with Crippen molar-refractivity contribution in [3.8, 4) is 0 Å². The molecule has 0 heterocycles. The quantitative estimate of drug-likeness (QED) is 0.805. The van der Waals surface area contributed by atoms with Gasteiger partial charge in [0.1, 0.15) is 6.61 Å². The van der Waals surface area contributed by atoms with Crippen molar-refractivity contribution in [3.05, 3.63) is 35.9 Å². The van der Waals surface area contributed by atoms with Gasteiger partial charge in [0.05, 0.1) is 0 Å². The number of hydrogen-bond donors (Lipinski definition) is 2. The largest absolute Gasteiger partial charge is 0.445 e. The van der Waals surface area contributed by atoms with Gasteiger partial charge in [-0.1, -0.05) is 43.2 Å². The molecule has 5 nitrogen and oxygen atoms in total. The fourth-order valence-corrected chi connectivity index (χ4v) is 3.55. The summed E-state index contributed by atoms with van der Waals surface area (Å²) in [5.41, 5.74) is 6.78. The van der Waals surface area contributed by atoms with Gasteiger partial charge in [0, 0.05) is 31.2 Å². The van der Waals surface area contributed by atoms with Crippen LogP contribution in [0.2, 0.25) is 0 Å². The van der Waals surface area contributed by atoms with Crippen molar-refractivity contribution < 1.29 is 9.53 Å².